The third-order valence-corrected chi connectivity index (χ3v) is 4.17. The predicted octanol–water partition coefficient (Wildman–Crippen LogP) is 3.86. The Morgan fingerprint density at radius 3 is 1.32 bits per heavy atom. The second kappa shape index (κ2) is 4.84. The van der Waals surface area contributed by atoms with Gasteiger partial charge in [-0.25, -0.2) is 0 Å². The summed E-state index contributed by atoms with van der Waals surface area (Å²) in [5, 5.41) is 10.7. The van der Waals surface area contributed by atoms with E-state index in [1.807, 2.05) is 0 Å². The molecule has 0 aromatic heterocycles. The van der Waals surface area contributed by atoms with Gasteiger partial charge in [-0.15, -0.1) is 0 Å². The normalized spacial score (nSPS) is 13.7. The van der Waals surface area contributed by atoms with Crippen molar-refractivity contribution in [3.05, 3.63) is 28.8 Å². The maximum atomic E-state index is 10.7. The van der Waals surface area contributed by atoms with Gasteiger partial charge < -0.3 is 0 Å². The summed E-state index contributed by atoms with van der Waals surface area (Å²) in [6.07, 6.45) is 0. The van der Waals surface area contributed by atoms with Crippen molar-refractivity contribution in [3.8, 4) is 5.75 Å². The molecule has 0 heterocycles. The van der Waals surface area contributed by atoms with Crippen LogP contribution in [0.5, 0.6) is 5.75 Å². The molecule has 19 heavy (non-hydrogen) atoms. The first-order valence-corrected chi connectivity index (χ1v) is 8.13. The summed E-state index contributed by atoms with van der Waals surface area (Å²) in [5.74, 6) is 0.473. The Labute approximate surface area is 127 Å². The predicted molar refractivity (Wildman–Crippen MR) is 87.1 cm³/mol. The zero-order chi connectivity index (χ0) is 15.2. The van der Waals surface area contributed by atoms with E-state index in [-0.39, 0.29) is 15.0 Å². The number of aromatic hydroxyl groups is 1. The molecule has 0 aliphatic rings. The molecule has 0 aliphatic heterocycles. The van der Waals surface area contributed by atoms with Gasteiger partial charge in [-0.1, -0.05) is 0 Å². The van der Waals surface area contributed by atoms with Gasteiger partial charge in [-0.2, -0.15) is 0 Å². The van der Waals surface area contributed by atoms with Crippen LogP contribution in [0, 0.1) is 0 Å². The molecular weight excluding hydrogens is 295 g/mol. The summed E-state index contributed by atoms with van der Waals surface area (Å²) >= 11 is 1.72. The van der Waals surface area contributed by atoms with Crippen LogP contribution in [-0.2, 0) is 15.0 Å². The fourth-order valence-corrected chi connectivity index (χ4v) is 2.50. The van der Waals surface area contributed by atoms with Crippen LogP contribution in [0.2, 0.25) is 0 Å². The SMILES string of the molecule is CC(C)(C)c1cc(C(C)(C)[AsH2])cc(C(C)(C)C)c1O. The molecule has 0 radical (unpaired) electrons. The summed E-state index contributed by atoms with van der Waals surface area (Å²) in [6, 6.07) is 4.37. The monoisotopic (exact) mass is 324 g/mol. The molecule has 1 atom stereocenters. The van der Waals surface area contributed by atoms with Crippen molar-refractivity contribution in [3.63, 3.8) is 0 Å². The number of phenolic OH excluding ortho intramolecular Hbond substituents is 1. The Morgan fingerprint density at radius 1 is 0.789 bits per heavy atom. The van der Waals surface area contributed by atoms with E-state index in [1.165, 1.54) is 5.56 Å². The van der Waals surface area contributed by atoms with E-state index in [4.69, 9.17) is 0 Å². The summed E-state index contributed by atoms with van der Waals surface area (Å²) in [4.78, 5) is 0. The Hall–Kier alpha value is -0.422. The molecule has 1 aromatic rings. The van der Waals surface area contributed by atoms with Crippen LogP contribution in [0.3, 0.4) is 0 Å². The van der Waals surface area contributed by atoms with E-state index >= 15 is 0 Å². The molecule has 0 aliphatic carbocycles. The Balaban J connectivity index is 3.68. The van der Waals surface area contributed by atoms with Crippen LogP contribution < -0.4 is 0 Å². The van der Waals surface area contributed by atoms with Gasteiger partial charge in [-0.3, -0.25) is 0 Å². The number of rotatable bonds is 1. The van der Waals surface area contributed by atoms with E-state index < -0.39 is 0 Å². The molecule has 0 spiro atoms. The van der Waals surface area contributed by atoms with Crippen LogP contribution in [0.15, 0.2) is 12.1 Å². The first-order chi connectivity index (χ1) is 8.24. The quantitative estimate of drug-likeness (QED) is 0.778. The van der Waals surface area contributed by atoms with E-state index in [1.54, 1.807) is 16.9 Å². The fraction of sp³-hybridized carbons (Fsp3) is 0.647. The average molecular weight is 324 g/mol. The maximum absolute atomic E-state index is 10.7. The van der Waals surface area contributed by atoms with Gasteiger partial charge in [0, 0.05) is 0 Å². The molecule has 1 N–H and O–H groups in total. The molecule has 1 aromatic carbocycles. The number of phenols is 1. The van der Waals surface area contributed by atoms with Crippen molar-refractivity contribution in [2.75, 3.05) is 0 Å². The number of benzene rings is 1. The van der Waals surface area contributed by atoms with Crippen molar-refractivity contribution >= 4 is 16.9 Å². The molecule has 0 saturated carbocycles. The van der Waals surface area contributed by atoms with Gasteiger partial charge in [0.1, 0.15) is 0 Å². The molecule has 108 valence electrons. The summed E-state index contributed by atoms with van der Waals surface area (Å²) < 4.78 is 0.153. The fourth-order valence-electron chi connectivity index (χ4n) is 2.15. The average Bonchev–Trinajstić information content (AvgIpc) is 2.11. The van der Waals surface area contributed by atoms with Gasteiger partial charge in [0.2, 0.25) is 0 Å². The molecule has 0 fully saturated rings. The summed E-state index contributed by atoms with van der Waals surface area (Å²) in [6.45, 7) is 17.4. The third-order valence-electron chi connectivity index (χ3n) is 3.47. The molecule has 1 nitrogen and oxygen atoms in total. The summed E-state index contributed by atoms with van der Waals surface area (Å²) in [7, 11) is 0. The Morgan fingerprint density at radius 2 is 1.11 bits per heavy atom. The second-order valence-corrected chi connectivity index (χ2v) is 11.2. The van der Waals surface area contributed by atoms with Crippen LogP contribution in [0.1, 0.15) is 72.1 Å². The summed E-state index contributed by atoms with van der Waals surface area (Å²) in [5.41, 5.74) is 3.35. The first-order valence-electron chi connectivity index (χ1n) is 6.92. The van der Waals surface area contributed by atoms with Crippen LogP contribution in [0.25, 0.3) is 0 Å². The van der Waals surface area contributed by atoms with E-state index in [0.29, 0.717) is 5.75 Å². The minimum absolute atomic E-state index is 0.0433. The van der Waals surface area contributed by atoms with Gasteiger partial charge in [0.25, 0.3) is 0 Å². The number of hydrogen-bond acceptors (Lipinski definition) is 1. The third kappa shape index (κ3) is 3.78. The van der Waals surface area contributed by atoms with Crippen molar-refractivity contribution in [2.45, 2.75) is 70.4 Å². The van der Waals surface area contributed by atoms with E-state index in [2.05, 4.69) is 67.5 Å². The Bertz CT molecular complexity index is 433. The Kier molecular flexibility index (Phi) is 4.24. The van der Waals surface area contributed by atoms with E-state index in [9.17, 15) is 5.11 Å². The molecular formula is C17H29AsO. The minimum atomic E-state index is -0.0433. The topological polar surface area (TPSA) is 20.2 Å². The molecule has 0 saturated heterocycles. The molecule has 0 amide bonds. The first kappa shape index (κ1) is 16.6. The van der Waals surface area contributed by atoms with Crippen LogP contribution >= 0.6 is 0 Å². The van der Waals surface area contributed by atoms with Gasteiger partial charge in [0.05, 0.1) is 0 Å². The molecule has 1 rings (SSSR count). The van der Waals surface area contributed by atoms with Crippen LogP contribution in [-0.4, -0.2) is 22.0 Å². The van der Waals surface area contributed by atoms with Crippen molar-refractivity contribution < 1.29 is 5.11 Å². The van der Waals surface area contributed by atoms with Crippen molar-refractivity contribution in [1.82, 2.24) is 0 Å². The van der Waals surface area contributed by atoms with Gasteiger partial charge in [-0.05, 0) is 0 Å². The van der Waals surface area contributed by atoms with E-state index in [0.717, 1.165) is 11.1 Å². The van der Waals surface area contributed by atoms with Crippen molar-refractivity contribution in [2.24, 2.45) is 0 Å². The van der Waals surface area contributed by atoms with Gasteiger partial charge >= 0.3 is 127 Å². The zero-order valence-electron chi connectivity index (χ0n) is 13.7. The standard InChI is InChI=1S/C17H29AsO/c1-15(2,3)12-9-11(17(7,8)18)10-13(14(12)19)16(4,5)6/h9-10,19H,18H2,1-8H3. The second-order valence-electron chi connectivity index (χ2n) is 8.14. The number of hydrogen-bond donors (Lipinski definition) is 1. The van der Waals surface area contributed by atoms with Gasteiger partial charge in [0.15, 0.2) is 0 Å². The molecule has 2 heteroatoms. The van der Waals surface area contributed by atoms with Crippen molar-refractivity contribution in [1.29, 1.82) is 0 Å². The molecule has 1 unspecified atom stereocenters. The zero-order valence-corrected chi connectivity index (χ0v) is 16.1. The molecule has 0 bridgehead atoms. The van der Waals surface area contributed by atoms with Crippen LogP contribution in [0.4, 0.5) is 0 Å².